The zero-order valence-corrected chi connectivity index (χ0v) is 18.2. The number of sulfonamides is 1. The lowest BCUT2D eigenvalue weighted by Gasteiger charge is -2.39. The molecule has 0 aromatic heterocycles. The molecule has 0 bridgehead atoms. The Kier molecular flexibility index (Phi) is 6.99. The van der Waals surface area contributed by atoms with E-state index >= 15 is 0 Å². The first-order valence-electron chi connectivity index (χ1n) is 10.3. The van der Waals surface area contributed by atoms with Gasteiger partial charge in [0, 0.05) is 20.1 Å². The number of piperidine rings is 1. The van der Waals surface area contributed by atoms with Crippen LogP contribution in [0.25, 0.3) is 0 Å². The molecule has 1 saturated carbocycles. The molecule has 1 unspecified atom stereocenters. The zero-order chi connectivity index (χ0) is 23.9. The SMILES string of the molecule is CN(C1COC2(CCN(C(=O)OC(C(F)(F)F)C(F)(F)F)CC2)C1)S(=O)(=O)CC1CCC1. The molecule has 1 aliphatic carbocycles. The number of likely N-dealkylation sites (N-methyl/N-ethyl adjacent to an activating group) is 1. The van der Waals surface area contributed by atoms with Crippen molar-refractivity contribution in [2.75, 3.05) is 32.5 Å². The minimum absolute atomic E-state index is 0.0756. The Balaban J connectivity index is 1.54. The van der Waals surface area contributed by atoms with Crippen molar-refractivity contribution in [2.45, 2.75) is 68.6 Å². The van der Waals surface area contributed by atoms with Gasteiger partial charge in [-0.1, -0.05) is 6.42 Å². The van der Waals surface area contributed by atoms with E-state index in [4.69, 9.17) is 4.74 Å². The van der Waals surface area contributed by atoms with E-state index in [0.717, 1.165) is 24.2 Å². The Morgan fingerprint density at radius 2 is 1.72 bits per heavy atom. The van der Waals surface area contributed by atoms with E-state index in [2.05, 4.69) is 4.74 Å². The quantitative estimate of drug-likeness (QED) is 0.546. The van der Waals surface area contributed by atoms with E-state index in [1.165, 1.54) is 11.4 Å². The Hall–Kier alpha value is -1.28. The van der Waals surface area contributed by atoms with Gasteiger partial charge in [0.25, 0.3) is 6.10 Å². The molecule has 3 fully saturated rings. The number of carbonyl (C=O) groups excluding carboxylic acids is 1. The molecule has 0 radical (unpaired) electrons. The number of carbonyl (C=O) groups is 1. The van der Waals surface area contributed by atoms with Gasteiger partial charge in [-0.05, 0) is 38.0 Å². The number of rotatable bonds is 5. The van der Waals surface area contributed by atoms with Gasteiger partial charge in [0.2, 0.25) is 10.0 Å². The number of hydrogen-bond donors (Lipinski definition) is 0. The van der Waals surface area contributed by atoms with Gasteiger partial charge in [-0.15, -0.1) is 0 Å². The van der Waals surface area contributed by atoms with Crippen molar-refractivity contribution in [1.29, 1.82) is 0 Å². The van der Waals surface area contributed by atoms with Crippen LogP contribution in [0.15, 0.2) is 0 Å². The van der Waals surface area contributed by atoms with Crippen LogP contribution < -0.4 is 0 Å². The molecular weight excluding hydrogens is 470 g/mol. The standard InChI is InChI=1S/C18H26F6N2O5S/c1-25(32(28,29)11-12-3-2-4-12)13-9-16(30-10-13)5-7-26(8-6-16)15(27)31-14(17(19,20)21)18(22,23)24/h12-14H,2-11H2,1H3. The van der Waals surface area contributed by atoms with Crippen LogP contribution >= 0.6 is 0 Å². The fraction of sp³-hybridized carbons (Fsp3) is 0.944. The Morgan fingerprint density at radius 3 is 2.19 bits per heavy atom. The lowest BCUT2D eigenvalue weighted by molar-refractivity contribution is -0.308. The van der Waals surface area contributed by atoms with E-state index in [9.17, 15) is 39.6 Å². The highest BCUT2D eigenvalue weighted by atomic mass is 32.2. The van der Waals surface area contributed by atoms with Crippen molar-refractivity contribution in [1.82, 2.24) is 9.21 Å². The monoisotopic (exact) mass is 496 g/mol. The van der Waals surface area contributed by atoms with Gasteiger partial charge in [0.1, 0.15) is 0 Å². The summed E-state index contributed by atoms with van der Waals surface area (Å²) in [5, 5.41) is 0. The fourth-order valence-corrected chi connectivity index (χ4v) is 6.05. The van der Waals surface area contributed by atoms with Gasteiger partial charge in [0.05, 0.1) is 24.0 Å². The number of likely N-dealkylation sites (tertiary alicyclic amines) is 1. The molecule has 32 heavy (non-hydrogen) atoms. The number of hydrogen-bond acceptors (Lipinski definition) is 5. The molecule has 2 aliphatic heterocycles. The molecule has 3 rings (SSSR count). The maximum Gasteiger partial charge on any atom is 0.434 e. The number of halogens is 6. The molecule has 1 atom stereocenters. The lowest BCUT2D eigenvalue weighted by atomic mass is 9.87. The normalized spacial score (nSPS) is 24.9. The topological polar surface area (TPSA) is 76.2 Å². The molecular formula is C18H26F6N2O5S. The van der Waals surface area contributed by atoms with Crippen molar-refractivity contribution in [3.8, 4) is 0 Å². The van der Waals surface area contributed by atoms with Gasteiger partial charge in [0.15, 0.2) is 0 Å². The summed E-state index contributed by atoms with van der Waals surface area (Å²) in [4.78, 5) is 12.7. The molecule has 14 heteroatoms. The molecule has 0 N–H and O–H groups in total. The van der Waals surface area contributed by atoms with Crippen LogP contribution in [0.4, 0.5) is 31.1 Å². The number of alkyl halides is 6. The maximum atomic E-state index is 12.6. The van der Waals surface area contributed by atoms with Crippen molar-refractivity contribution >= 4 is 16.1 Å². The first kappa shape index (κ1) is 25.3. The molecule has 0 aromatic carbocycles. The van der Waals surface area contributed by atoms with Crippen LogP contribution in [0.5, 0.6) is 0 Å². The number of ether oxygens (including phenoxy) is 2. The third kappa shape index (κ3) is 5.61. The average molecular weight is 496 g/mol. The van der Waals surface area contributed by atoms with Gasteiger partial charge in [-0.2, -0.15) is 30.6 Å². The van der Waals surface area contributed by atoms with E-state index in [1.54, 1.807) is 0 Å². The fourth-order valence-electron chi connectivity index (χ4n) is 4.30. The molecule has 3 aliphatic rings. The second-order valence-corrected chi connectivity index (χ2v) is 10.9. The van der Waals surface area contributed by atoms with E-state index in [-0.39, 0.29) is 44.2 Å². The third-order valence-electron chi connectivity index (χ3n) is 6.56. The van der Waals surface area contributed by atoms with Crippen molar-refractivity contribution in [3.05, 3.63) is 0 Å². The summed E-state index contributed by atoms with van der Waals surface area (Å²) >= 11 is 0. The first-order chi connectivity index (χ1) is 14.6. The highest BCUT2D eigenvalue weighted by molar-refractivity contribution is 7.89. The second kappa shape index (κ2) is 8.82. The highest BCUT2D eigenvalue weighted by Gasteiger charge is 2.60. The zero-order valence-electron chi connectivity index (χ0n) is 17.4. The molecule has 2 saturated heterocycles. The molecule has 2 heterocycles. The van der Waals surface area contributed by atoms with Crippen LogP contribution in [0.3, 0.4) is 0 Å². The second-order valence-electron chi connectivity index (χ2n) is 8.78. The van der Waals surface area contributed by atoms with Crippen molar-refractivity contribution in [2.24, 2.45) is 5.92 Å². The van der Waals surface area contributed by atoms with Crippen LogP contribution in [0.1, 0.15) is 38.5 Å². The van der Waals surface area contributed by atoms with Crippen molar-refractivity contribution in [3.63, 3.8) is 0 Å². The summed E-state index contributed by atoms with van der Waals surface area (Å²) in [6.07, 6.45) is -14.0. The molecule has 186 valence electrons. The predicted molar refractivity (Wildman–Crippen MR) is 99.2 cm³/mol. The summed E-state index contributed by atoms with van der Waals surface area (Å²) in [5.74, 6) is 0.233. The average Bonchev–Trinajstić information content (AvgIpc) is 3.04. The van der Waals surface area contributed by atoms with Crippen molar-refractivity contribution < 1.29 is 49.0 Å². The van der Waals surface area contributed by atoms with E-state index < -0.39 is 46.2 Å². The van der Waals surface area contributed by atoms with Crippen LogP contribution in [-0.2, 0) is 19.5 Å². The van der Waals surface area contributed by atoms with E-state index in [0.29, 0.717) is 6.42 Å². The first-order valence-corrected chi connectivity index (χ1v) is 11.9. The largest absolute Gasteiger partial charge is 0.434 e. The Bertz CT molecular complexity index is 777. The number of nitrogens with zero attached hydrogens (tertiary/aromatic N) is 2. The third-order valence-corrected chi connectivity index (χ3v) is 8.63. The molecule has 0 aromatic rings. The summed E-state index contributed by atoms with van der Waals surface area (Å²) in [5.41, 5.74) is -0.783. The molecule has 1 spiro atoms. The maximum absolute atomic E-state index is 12.6. The van der Waals surface area contributed by atoms with Crippen LogP contribution in [-0.4, -0.2) is 86.3 Å². The van der Waals surface area contributed by atoms with Gasteiger partial charge < -0.3 is 14.4 Å². The van der Waals surface area contributed by atoms with E-state index in [1.807, 2.05) is 0 Å². The minimum atomic E-state index is -5.78. The van der Waals surface area contributed by atoms with Gasteiger partial charge in [-0.25, -0.2) is 13.2 Å². The highest BCUT2D eigenvalue weighted by Crippen LogP contribution is 2.40. The van der Waals surface area contributed by atoms with Gasteiger partial charge in [-0.3, -0.25) is 0 Å². The Labute approximate surface area is 182 Å². The Morgan fingerprint density at radius 1 is 1.16 bits per heavy atom. The summed E-state index contributed by atoms with van der Waals surface area (Å²) in [6.45, 7) is -0.186. The molecule has 7 nitrogen and oxygen atoms in total. The predicted octanol–water partition coefficient (Wildman–Crippen LogP) is 3.30. The number of amides is 1. The smallest absolute Gasteiger partial charge is 0.426 e. The molecule has 1 amide bonds. The van der Waals surface area contributed by atoms with Gasteiger partial charge >= 0.3 is 18.4 Å². The summed E-state index contributed by atoms with van der Waals surface area (Å²) in [7, 11) is -1.98. The van der Waals surface area contributed by atoms with Crippen LogP contribution in [0.2, 0.25) is 0 Å². The van der Waals surface area contributed by atoms with Crippen LogP contribution in [0, 0.1) is 5.92 Å². The summed E-state index contributed by atoms with van der Waals surface area (Å²) in [6, 6.07) is -0.418. The summed E-state index contributed by atoms with van der Waals surface area (Å²) < 4.78 is 112. The minimum Gasteiger partial charge on any atom is -0.426 e. The lowest BCUT2D eigenvalue weighted by Crippen LogP contribution is -2.51.